The van der Waals surface area contributed by atoms with E-state index in [9.17, 15) is 14.0 Å². The van der Waals surface area contributed by atoms with Crippen LogP contribution in [0.25, 0.3) is 6.08 Å². The first kappa shape index (κ1) is 26.5. The van der Waals surface area contributed by atoms with Gasteiger partial charge in [-0.15, -0.1) is 0 Å². The Balaban J connectivity index is 1.48. The highest BCUT2D eigenvalue weighted by atomic mass is 19.1. The molecule has 0 radical (unpaired) electrons. The summed E-state index contributed by atoms with van der Waals surface area (Å²) in [4.78, 5) is 24.4. The van der Waals surface area contributed by atoms with Crippen LogP contribution < -0.4 is 14.8 Å². The molecule has 36 heavy (non-hydrogen) atoms. The second-order valence-corrected chi connectivity index (χ2v) is 8.08. The summed E-state index contributed by atoms with van der Waals surface area (Å²) in [7, 11) is 1.52. The van der Waals surface area contributed by atoms with Crippen LogP contribution in [0.5, 0.6) is 11.5 Å². The number of aryl methyl sites for hydroxylation is 2. The third kappa shape index (κ3) is 7.43. The Morgan fingerprint density at radius 1 is 1.14 bits per heavy atom. The van der Waals surface area contributed by atoms with Crippen LogP contribution in [0.1, 0.15) is 35.1 Å². The molecular formula is C27H29FN2O6. The second-order valence-electron chi connectivity index (χ2n) is 8.08. The molecule has 0 bridgehead atoms. The Morgan fingerprint density at radius 2 is 1.89 bits per heavy atom. The van der Waals surface area contributed by atoms with Gasteiger partial charge in [0.05, 0.1) is 18.4 Å². The van der Waals surface area contributed by atoms with Crippen molar-refractivity contribution in [3.8, 4) is 11.5 Å². The van der Waals surface area contributed by atoms with Gasteiger partial charge in [0, 0.05) is 12.6 Å². The molecule has 0 aliphatic rings. The zero-order valence-corrected chi connectivity index (χ0v) is 20.7. The Labute approximate surface area is 209 Å². The lowest BCUT2D eigenvalue weighted by Gasteiger charge is -2.12. The van der Waals surface area contributed by atoms with Gasteiger partial charge in [0.15, 0.2) is 17.6 Å². The first-order valence-electron chi connectivity index (χ1n) is 11.4. The molecule has 3 rings (SSSR count). The molecule has 9 heteroatoms. The van der Waals surface area contributed by atoms with Crippen LogP contribution >= 0.6 is 0 Å². The highest BCUT2D eigenvalue weighted by Gasteiger charge is 2.16. The van der Waals surface area contributed by atoms with Crippen LogP contribution in [-0.4, -0.2) is 36.8 Å². The normalized spacial score (nSPS) is 11.8. The Bertz CT molecular complexity index is 1200. The summed E-state index contributed by atoms with van der Waals surface area (Å²) < 4.78 is 34.5. The maximum Gasteiger partial charge on any atom is 0.331 e. The monoisotopic (exact) mass is 496 g/mol. The SMILES string of the molecule is COc1cc(/C=C/C(=O)OC(C)C(=O)NCCc2ccc(F)cc2)ccc1OCc1c(C)noc1C. The van der Waals surface area contributed by atoms with Gasteiger partial charge in [-0.1, -0.05) is 23.4 Å². The van der Waals surface area contributed by atoms with Gasteiger partial charge < -0.3 is 24.1 Å². The van der Waals surface area contributed by atoms with E-state index in [0.717, 1.165) is 16.8 Å². The molecule has 1 aromatic heterocycles. The molecule has 0 saturated carbocycles. The molecule has 0 fully saturated rings. The van der Waals surface area contributed by atoms with Crippen molar-refractivity contribution < 1.29 is 32.7 Å². The third-order valence-electron chi connectivity index (χ3n) is 5.44. The molecule has 190 valence electrons. The van der Waals surface area contributed by atoms with E-state index in [1.165, 1.54) is 32.2 Å². The third-order valence-corrected chi connectivity index (χ3v) is 5.44. The minimum absolute atomic E-state index is 0.281. The van der Waals surface area contributed by atoms with Crippen molar-refractivity contribution in [2.24, 2.45) is 0 Å². The average molecular weight is 497 g/mol. The average Bonchev–Trinajstić information content (AvgIpc) is 3.19. The number of amides is 1. The number of hydrogen-bond donors (Lipinski definition) is 1. The molecule has 1 amide bonds. The Morgan fingerprint density at radius 3 is 2.56 bits per heavy atom. The van der Waals surface area contributed by atoms with Gasteiger partial charge in [0.2, 0.25) is 0 Å². The van der Waals surface area contributed by atoms with Crippen molar-refractivity contribution in [1.29, 1.82) is 0 Å². The zero-order valence-electron chi connectivity index (χ0n) is 20.7. The lowest BCUT2D eigenvalue weighted by molar-refractivity contribution is -0.150. The van der Waals surface area contributed by atoms with Gasteiger partial charge in [-0.05, 0) is 68.7 Å². The summed E-state index contributed by atoms with van der Waals surface area (Å²) in [6, 6.07) is 11.3. The summed E-state index contributed by atoms with van der Waals surface area (Å²) in [5, 5.41) is 6.61. The fourth-order valence-corrected chi connectivity index (χ4v) is 3.32. The molecule has 0 aliphatic heterocycles. The first-order chi connectivity index (χ1) is 17.3. The fraction of sp³-hybridized carbons (Fsp3) is 0.296. The number of nitrogens with one attached hydrogen (secondary N) is 1. The first-order valence-corrected chi connectivity index (χ1v) is 11.4. The second kappa shape index (κ2) is 12.5. The number of carbonyl (C=O) groups is 2. The summed E-state index contributed by atoms with van der Waals surface area (Å²) in [5.74, 6) is 0.330. The number of benzene rings is 2. The van der Waals surface area contributed by atoms with Crippen LogP contribution in [0, 0.1) is 19.7 Å². The van der Waals surface area contributed by atoms with E-state index < -0.39 is 18.0 Å². The van der Waals surface area contributed by atoms with Crippen LogP contribution in [0.2, 0.25) is 0 Å². The van der Waals surface area contributed by atoms with E-state index in [4.69, 9.17) is 18.7 Å². The Kier molecular flexibility index (Phi) is 9.21. The van der Waals surface area contributed by atoms with Crippen LogP contribution in [0.3, 0.4) is 0 Å². The number of esters is 1. The topological polar surface area (TPSA) is 99.9 Å². The number of methoxy groups -OCH3 is 1. The molecule has 1 heterocycles. The van der Waals surface area contributed by atoms with Gasteiger partial charge >= 0.3 is 5.97 Å². The summed E-state index contributed by atoms with van der Waals surface area (Å²) >= 11 is 0. The standard InChI is InChI=1S/C27H29FN2O6/c1-17-23(18(2)36-30-17)16-34-24-11-7-21(15-25(24)33-4)8-12-26(31)35-19(3)27(32)29-14-13-20-5-9-22(28)10-6-20/h5-12,15,19H,13-14,16H2,1-4H3,(H,29,32)/b12-8+. The van der Waals surface area contributed by atoms with E-state index in [-0.39, 0.29) is 12.4 Å². The summed E-state index contributed by atoms with van der Waals surface area (Å²) in [6.07, 6.45) is 2.36. The van der Waals surface area contributed by atoms with Crippen LogP contribution in [-0.2, 0) is 27.4 Å². The van der Waals surface area contributed by atoms with E-state index in [2.05, 4.69) is 10.5 Å². The number of nitrogens with zero attached hydrogens (tertiary/aromatic N) is 1. The van der Waals surface area contributed by atoms with E-state index in [1.54, 1.807) is 36.4 Å². The lowest BCUT2D eigenvalue weighted by Crippen LogP contribution is -2.36. The number of ether oxygens (including phenoxy) is 3. The molecule has 2 aromatic carbocycles. The van der Waals surface area contributed by atoms with Crippen molar-refractivity contribution >= 4 is 18.0 Å². The van der Waals surface area contributed by atoms with Gasteiger partial charge in [-0.25, -0.2) is 9.18 Å². The minimum Gasteiger partial charge on any atom is -0.493 e. The Hall–Kier alpha value is -4.14. The predicted octanol–water partition coefficient (Wildman–Crippen LogP) is 4.32. The smallest absolute Gasteiger partial charge is 0.331 e. The van der Waals surface area contributed by atoms with Crippen molar-refractivity contribution in [2.75, 3.05) is 13.7 Å². The van der Waals surface area contributed by atoms with Gasteiger partial charge in [-0.2, -0.15) is 0 Å². The van der Waals surface area contributed by atoms with Crippen LogP contribution in [0.4, 0.5) is 4.39 Å². The van der Waals surface area contributed by atoms with Crippen molar-refractivity contribution in [1.82, 2.24) is 10.5 Å². The number of carbonyl (C=O) groups excluding carboxylic acids is 2. The van der Waals surface area contributed by atoms with Crippen molar-refractivity contribution in [2.45, 2.75) is 39.9 Å². The predicted molar refractivity (Wildman–Crippen MR) is 131 cm³/mol. The molecule has 8 nitrogen and oxygen atoms in total. The molecule has 1 atom stereocenters. The maximum absolute atomic E-state index is 13.0. The van der Waals surface area contributed by atoms with Crippen molar-refractivity contribution in [3.05, 3.63) is 82.5 Å². The van der Waals surface area contributed by atoms with Gasteiger partial charge in [-0.3, -0.25) is 4.79 Å². The van der Waals surface area contributed by atoms with Gasteiger partial charge in [0.1, 0.15) is 18.2 Å². The highest BCUT2D eigenvalue weighted by molar-refractivity contribution is 5.90. The number of aromatic nitrogens is 1. The van der Waals surface area contributed by atoms with E-state index in [1.807, 2.05) is 13.8 Å². The largest absolute Gasteiger partial charge is 0.493 e. The maximum atomic E-state index is 13.0. The van der Waals surface area contributed by atoms with E-state index in [0.29, 0.717) is 35.8 Å². The molecular weight excluding hydrogens is 467 g/mol. The van der Waals surface area contributed by atoms with Crippen molar-refractivity contribution in [3.63, 3.8) is 0 Å². The minimum atomic E-state index is -0.968. The number of rotatable bonds is 11. The quantitative estimate of drug-likeness (QED) is 0.312. The zero-order chi connectivity index (χ0) is 26.1. The summed E-state index contributed by atoms with van der Waals surface area (Å²) in [5.41, 5.74) is 3.21. The van der Waals surface area contributed by atoms with Crippen LogP contribution in [0.15, 0.2) is 53.1 Å². The molecule has 0 aliphatic carbocycles. The number of halogens is 1. The molecule has 3 aromatic rings. The molecule has 1 unspecified atom stereocenters. The molecule has 0 saturated heterocycles. The highest BCUT2D eigenvalue weighted by Crippen LogP contribution is 2.30. The van der Waals surface area contributed by atoms with Gasteiger partial charge in [0.25, 0.3) is 5.91 Å². The molecule has 0 spiro atoms. The van der Waals surface area contributed by atoms with E-state index >= 15 is 0 Å². The molecule has 1 N–H and O–H groups in total. The summed E-state index contributed by atoms with van der Waals surface area (Å²) in [6.45, 7) is 5.78. The number of hydrogen-bond acceptors (Lipinski definition) is 7. The fourth-order valence-electron chi connectivity index (χ4n) is 3.32. The lowest BCUT2D eigenvalue weighted by atomic mass is 10.1.